The number of hydrogen-bond acceptors (Lipinski definition) is 6. The second-order valence-electron chi connectivity index (χ2n) is 6.41. The number of rotatable bonds is 8. The molecule has 2 aliphatic carbocycles. The molecule has 2 amide bonds. The molecule has 0 atom stereocenters. The van der Waals surface area contributed by atoms with Crippen LogP contribution in [0.2, 0.25) is 0 Å². The molecule has 0 saturated heterocycles. The lowest BCUT2D eigenvalue weighted by Crippen LogP contribution is -2.30. The van der Waals surface area contributed by atoms with E-state index >= 15 is 0 Å². The van der Waals surface area contributed by atoms with Gasteiger partial charge in [0.1, 0.15) is 0 Å². The standard InChI is InChI=1S/C18H20N2O6/c21-15(19-13-5-6-13)9-25-17(23)11-1-2-12(4-3-11)18(24)26-10-16(22)20-14-7-8-14/h1-4,13-14H,5-10H2,(H,19,21)(H,20,22). The average Bonchev–Trinajstić information content (AvgIpc) is 3.55. The van der Waals surface area contributed by atoms with Crippen LogP contribution in [0.4, 0.5) is 0 Å². The van der Waals surface area contributed by atoms with E-state index in [2.05, 4.69) is 10.6 Å². The highest BCUT2D eigenvalue weighted by molar-refractivity contribution is 5.95. The first-order valence-electron chi connectivity index (χ1n) is 8.54. The SMILES string of the molecule is O=C(COC(=O)c1ccc(C(=O)OCC(=O)NC2CC2)cc1)NC1CC1. The number of carbonyl (C=O) groups excluding carboxylic acids is 4. The summed E-state index contributed by atoms with van der Waals surface area (Å²) in [6, 6.07) is 6.03. The molecule has 0 spiro atoms. The van der Waals surface area contributed by atoms with Gasteiger partial charge in [-0.15, -0.1) is 0 Å². The minimum Gasteiger partial charge on any atom is -0.452 e. The number of ether oxygens (including phenoxy) is 2. The van der Waals surface area contributed by atoms with Gasteiger partial charge >= 0.3 is 11.9 Å². The largest absolute Gasteiger partial charge is 0.452 e. The molecule has 0 aromatic heterocycles. The van der Waals surface area contributed by atoms with Crippen LogP contribution in [0, 0.1) is 0 Å². The summed E-state index contributed by atoms with van der Waals surface area (Å²) in [5, 5.41) is 5.43. The molecule has 3 rings (SSSR count). The fourth-order valence-electron chi connectivity index (χ4n) is 2.17. The molecule has 0 bridgehead atoms. The molecule has 1 aromatic rings. The highest BCUT2D eigenvalue weighted by atomic mass is 16.5. The predicted octanol–water partition coefficient (Wildman–Crippen LogP) is 0.557. The summed E-state index contributed by atoms with van der Waals surface area (Å²) in [7, 11) is 0. The summed E-state index contributed by atoms with van der Waals surface area (Å²) < 4.78 is 9.84. The van der Waals surface area contributed by atoms with E-state index in [0.29, 0.717) is 0 Å². The van der Waals surface area contributed by atoms with Crippen LogP contribution in [0.25, 0.3) is 0 Å². The average molecular weight is 360 g/mol. The van der Waals surface area contributed by atoms with Crippen molar-refractivity contribution in [3.63, 3.8) is 0 Å². The first-order chi connectivity index (χ1) is 12.5. The zero-order chi connectivity index (χ0) is 18.5. The van der Waals surface area contributed by atoms with Crippen molar-refractivity contribution >= 4 is 23.8 Å². The minimum atomic E-state index is -0.653. The number of benzene rings is 1. The maximum atomic E-state index is 11.9. The molecule has 2 N–H and O–H groups in total. The Labute approximate surface area is 150 Å². The molecule has 2 saturated carbocycles. The summed E-state index contributed by atoms with van der Waals surface area (Å²) in [6.07, 6.45) is 3.83. The summed E-state index contributed by atoms with van der Waals surface area (Å²) in [6.45, 7) is -0.676. The van der Waals surface area contributed by atoms with E-state index in [4.69, 9.17) is 9.47 Å². The van der Waals surface area contributed by atoms with Crippen molar-refractivity contribution in [3.05, 3.63) is 35.4 Å². The number of nitrogens with one attached hydrogen (secondary N) is 2. The van der Waals surface area contributed by atoms with Gasteiger partial charge in [-0.1, -0.05) is 0 Å². The Morgan fingerprint density at radius 2 is 1.08 bits per heavy atom. The normalized spacial score (nSPS) is 15.7. The molecule has 0 aliphatic heterocycles. The Balaban J connectivity index is 1.42. The minimum absolute atomic E-state index is 0.206. The van der Waals surface area contributed by atoms with Gasteiger partial charge < -0.3 is 20.1 Å². The van der Waals surface area contributed by atoms with Crippen LogP contribution in [-0.2, 0) is 19.1 Å². The third-order valence-electron chi connectivity index (χ3n) is 3.91. The molecule has 138 valence electrons. The van der Waals surface area contributed by atoms with Crippen molar-refractivity contribution in [1.82, 2.24) is 10.6 Å². The molecule has 2 aliphatic rings. The molecule has 8 nitrogen and oxygen atoms in total. The van der Waals surface area contributed by atoms with Gasteiger partial charge in [-0.3, -0.25) is 9.59 Å². The van der Waals surface area contributed by atoms with E-state index in [0.717, 1.165) is 25.7 Å². The van der Waals surface area contributed by atoms with Crippen molar-refractivity contribution in [2.24, 2.45) is 0 Å². The lowest BCUT2D eigenvalue weighted by atomic mass is 10.1. The van der Waals surface area contributed by atoms with Gasteiger partial charge in [0.15, 0.2) is 13.2 Å². The monoisotopic (exact) mass is 360 g/mol. The topological polar surface area (TPSA) is 111 Å². The zero-order valence-electron chi connectivity index (χ0n) is 14.2. The van der Waals surface area contributed by atoms with E-state index in [-0.39, 0.29) is 48.2 Å². The molecule has 0 heterocycles. The Morgan fingerprint density at radius 3 is 1.38 bits per heavy atom. The smallest absolute Gasteiger partial charge is 0.338 e. The molecule has 0 radical (unpaired) electrons. The first kappa shape index (κ1) is 17.9. The number of esters is 2. The van der Waals surface area contributed by atoms with Gasteiger partial charge in [-0.05, 0) is 49.9 Å². The molecule has 8 heteroatoms. The fraction of sp³-hybridized carbons (Fsp3) is 0.444. The van der Waals surface area contributed by atoms with Gasteiger partial charge in [0.05, 0.1) is 11.1 Å². The van der Waals surface area contributed by atoms with Gasteiger partial charge in [0.2, 0.25) is 0 Å². The van der Waals surface area contributed by atoms with Gasteiger partial charge in [0.25, 0.3) is 11.8 Å². The summed E-state index contributed by atoms with van der Waals surface area (Å²) in [4.78, 5) is 46.7. The quantitative estimate of drug-likeness (QED) is 0.655. The number of hydrogen-bond donors (Lipinski definition) is 2. The first-order valence-corrected chi connectivity index (χ1v) is 8.54. The maximum Gasteiger partial charge on any atom is 0.338 e. The van der Waals surface area contributed by atoms with Crippen LogP contribution in [0.15, 0.2) is 24.3 Å². The van der Waals surface area contributed by atoms with Crippen LogP contribution in [0.3, 0.4) is 0 Å². The second kappa shape index (κ2) is 7.99. The van der Waals surface area contributed by atoms with Gasteiger partial charge in [-0.25, -0.2) is 9.59 Å². The molecule has 2 fully saturated rings. The Morgan fingerprint density at radius 1 is 0.731 bits per heavy atom. The highest BCUT2D eigenvalue weighted by Gasteiger charge is 2.24. The fourth-order valence-corrected chi connectivity index (χ4v) is 2.17. The van der Waals surface area contributed by atoms with E-state index in [1.165, 1.54) is 24.3 Å². The van der Waals surface area contributed by atoms with E-state index in [1.807, 2.05) is 0 Å². The number of amides is 2. The zero-order valence-corrected chi connectivity index (χ0v) is 14.2. The molecule has 0 unspecified atom stereocenters. The molecule has 26 heavy (non-hydrogen) atoms. The van der Waals surface area contributed by atoms with E-state index in [1.54, 1.807) is 0 Å². The Hall–Kier alpha value is -2.90. The predicted molar refractivity (Wildman–Crippen MR) is 89.3 cm³/mol. The lowest BCUT2D eigenvalue weighted by molar-refractivity contribution is -0.125. The lowest BCUT2D eigenvalue weighted by Gasteiger charge is -2.07. The van der Waals surface area contributed by atoms with Crippen molar-refractivity contribution in [3.8, 4) is 0 Å². The van der Waals surface area contributed by atoms with Crippen molar-refractivity contribution < 1.29 is 28.7 Å². The Kier molecular flexibility index (Phi) is 5.50. The third-order valence-corrected chi connectivity index (χ3v) is 3.91. The van der Waals surface area contributed by atoms with Crippen LogP contribution in [-0.4, -0.2) is 49.1 Å². The van der Waals surface area contributed by atoms with E-state index < -0.39 is 11.9 Å². The van der Waals surface area contributed by atoms with Crippen molar-refractivity contribution in [2.75, 3.05) is 13.2 Å². The summed E-state index contributed by atoms with van der Waals surface area (Å²) in [5.74, 6) is -1.96. The molecular formula is C18H20N2O6. The summed E-state index contributed by atoms with van der Waals surface area (Å²) in [5.41, 5.74) is 0.430. The van der Waals surface area contributed by atoms with Gasteiger partial charge in [0, 0.05) is 12.1 Å². The molecular weight excluding hydrogens is 340 g/mol. The van der Waals surface area contributed by atoms with Crippen molar-refractivity contribution in [2.45, 2.75) is 37.8 Å². The summed E-state index contributed by atoms with van der Waals surface area (Å²) >= 11 is 0. The van der Waals surface area contributed by atoms with Crippen LogP contribution in [0.5, 0.6) is 0 Å². The van der Waals surface area contributed by atoms with Crippen LogP contribution in [0.1, 0.15) is 46.4 Å². The van der Waals surface area contributed by atoms with Crippen LogP contribution < -0.4 is 10.6 Å². The van der Waals surface area contributed by atoms with E-state index in [9.17, 15) is 19.2 Å². The Bertz CT molecular complexity index is 646. The third kappa shape index (κ3) is 5.58. The number of carbonyl (C=O) groups is 4. The van der Waals surface area contributed by atoms with Crippen LogP contribution >= 0.6 is 0 Å². The van der Waals surface area contributed by atoms with Gasteiger partial charge in [-0.2, -0.15) is 0 Å². The van der Waals surface area contributed by atoms with Crippen molar-refractivity contribution in [1.29, 1.82) is 0 Å². The molecule has 1 aromatic carbocycles. The highest BCUT2D eigenvalue weighted by Crippen LogP contribution is 2.19. The maximum absolute atomic E-state index is 11.9. The second-order valence-corrected chi connectivity index (χ2v) is 6.41.